The number of nitrogens with zero attached hydrogens (tertiary/aromatic N) is 2. The van der Waals surface area contributed by atoms with E-state index < -0.39 is 10.0 Å². The fraction of sp³-hybridized carbons (Fsp3) is 0.750. The Kier molecular flexibility index (Phi) is 4.59. The largest absolute Gasteiger partial charge is 0.315 e. The van der Waals surface area contributed by atoms with E-state index >= 15 is 0 Å². The van der Waals surface area contributed by atoms with Crippen LogP contribution in [0.2, 0.25) is 0 Å². The third-order valence-electron chi connectivity index (χ3n) is 3.50. The van der Waals surface area contributed by atoms with Crippen LogP contribution in [-0.2, 0) is 16.6 Å². The van der Waals surface area contributed by atoms with Crippen LogP contribution in [0, 0.1) is 11.8 Å². The van der Waals surface area contributed by atoms with Crippen molar-refractivity contribution in [2.75, 3.05) is 19.6 Å². The number of aromatic nitrogens is 2. The first-order valence-corrected chi connectivity index (χ1v) is 8.24. The van der Waals surface area contributed by atoms with Crippen molar-refractivity contribution in [3.63, 3.8) is 0 Å². The quantitative estimate of drug-likeness (QED) is 0.679. The highest BCUT2D eigenvalue weighted by atomic mass is 32.2. The number of rotatable bonds is 8. The lowest BCUT2D eigenvalue weighted by Crippen LogP contribution is -2.26. The lowest BCUT2D eigenvalue weighted by molar-refractivity contribution is 0.562. The fourth-order valence-electron chi connectivity index (χ4n) is 1.96. The van der Waals surface area contributed by atoms with Crippen LogP contribution in [0.25, 0.3) is 0 Å². The lowest BCUT2D eigenvalue weighted by Gasteiger charge is -2.03. The number of sulfonamides is 1. The highest BCUT2D eigenvalue weighted by Crippen LogP contribution is 2.37. The summed E-state index contributed by atoms with van der Waals surface area (Å²) in [4.78, 5) is 0.248. The third-order valence-corrected chi connectivity index (χ3v) is 4.88. The summed E-state index contributed by atoms with van der Waals surface area (Å²) in [7, 11) is -3.40. The van der Waals surface area contributed by atoms with E-state index in [4.69, 9.17) is 0 Å². The van der Waals surface area contributed by atoms with Gasteiger partial charge in [0.2, 0.25) is 10.0 Å². The molecule has 0 radical (unpaired) electrons. The molecule has 2 rings (SSSR count). The van der Waals surface area contributed by atoms with Crippen LogP contribution in [0.1, 0.15) is 20.3 Å². The molecule has 1 aliphatic carbocycles. The predicted octanol–water partition coefficient (Wildman–Crippen LogP) is 0.427. The third kappa shape index (κ3) is 4.02. The Bertz CT molecular complexity index is 512. The maximum absolute atomic E-state index is 12.0. The van der Waals surface area contributed by atoms with Gasteiger partial charge < -0.3 is 5.32 Å². The minimum absolute atomic E-state index is 0.248. The maximum atomic E-state index is 12.0. The average Bonchev–Trinajstić information content (AvgIpc) is 2.88. The van der Waals surface area contributed by atoms with Crippen LogP contribution in [-0.4, -0.2) is 37.8 Å². The Labute approximate surface area is 114 Å². The minimum Gasteiger partial charge on any atom is -0.315 e. The van der Waals surface area contributed by atoms with Gasteiger partial charge in [0, 0.05) is 19.3 Å². The molecule has 1 saturated carbocycles. The summed E-state index contributed by atoms with van der Waals surface area (Å²) in [6.45, 7) is 7.05. The average molecular weight is 286 g/mol. The first kappa shape index (κ1) is 14.5. The summed E-state index contributed by atoms with van der Waals surface area (Å²) in [5.74, 6) is 1.14. The molecule has 2 unspecified atom stereocenters. The second-order valence-corrected chi connectivity index (χ2v) is 6.88. The van der Waals surface area contributed by atoms with E-state index in [9.17, 15) is 8.42 Å². The van der Waals surface area contributed by atoms with Crippen molar-refractivity contribution in [1.82, 2.24) is 19.8 Å². The first-order valence-electron chi connectivity index (χ1n) is 6.75. The minimum atomic E-state index is -3.40. The molecule has 0 amide bonds. The van der Waals surface area contributed by atoms with Crippen molar-refractivity contribution >= 4 is 10.0 Å². The fourth-order valence-corrected chi connectivity index (χ4v) is 3.01. The first-order chi connectivity index (χ1) is 9.03. The molecule has 2 atom stereocenters. The van der Waals surface area contributed by atoms with Crippen LogP contribution in [0.3, 0.4) is 0 Å². The molecule has 108 valence electrons. The van der Waals surface area contributed by atoms with Crippen molar-refractivity contribution in [3.8, 4) is 0 Å². The van der Waals surface area contributed by atoms with E-state index in [1.54, 1.807) is 10.9 Å². The monoisotopic (exact) mass is 286 g/mol. The zero-order valence-electron chi connectivity index (χ0n) is 11.5. The van der Waals surface area contributed by atoms with Crippen molar-refractivity contribution < 1.29 is 8.42 Å². The van der Waals surface area contributed by atoms with E-state index in [0.717, 1.165) is 19.5 Å². The van der Waals surface area contributed by atoms with Crippen molar-refractivity contribution in [3.05, 3.63) is 12.4 Å². The molecular weight excluding hydrogens is 264 g/mol. The number of nitrogens with one attached hydrogen (secondary N) is 2. The van der Waals surface area contributed by atoms with Crippen LogP contribution in [0.5, 0.6) is 0 Å². The molecule has 0 aromatic carbocycles. The van der Waals surface area contributed by atoms with Gasteiger partial charge in [-0.15, -0.1) is 0 Å². The lowest BCUT2D eigenvalue weighted by atomic mass is 10.3. The summed E-state index contributed by atoms with van der Waals surface area (Å²) >= 11 is 0. The number of likely N-dealkylation sites (N-methyl/N-ethyl adjacent to an activating group) is 1. The van der Waals surface area contributed by atoms with Gasteiger partial charge >= 0.3 is 0 Å². The van der Waals surface area contributed by atoms with E-state index in [0.29, 0.717) is 24.9 Å². The zero-order chi connectivity index (χ0) is 13.9. The molecule has 1 fully saturated rings. The van der Waals surface area contributed by atoms with Gasteiger partial charge in [-0.1, -0.05) is 13.8 Å². The molecule has 0 spiro atoms. The molecule has 1 aliphatic rings. The Morgan fingerprint density at radius 2 is 2.26 bits per heavy atom. The second-order valence-electron chi connectivity index (χ2n) is 5.12. The van der Waals surface area contributed by atoms with Gasteiger partial charge in [-0.3, -0.25) is 4.68 Å². The summed E-state index contributed by atoms with van der Waals surface area (Å²) < 4.78 is 28.4. The van der Waals surface area contributed by atoms with Crippen LogP contribution in [0.15, 0.2) is 17.3 Å². The normalized spacial score (nSPS) is 22.6. The Morgan fingerprint density at radius 1 is 1.53 bits per heavy atom. The molecule has 0 saturated heterocycles. The Hall–Kier alpha value is -0.920. The number of hydrogen-bond acceptors (Lipinski definition) is 4. The van der Waals surface area contributed by atoms with Gasteiger partial charge in [-0.2, -0.15) is 5.10 Å². The molecule has 0 bridgehead atoms. The van der Waals surface area contributed by atoms with Crippen molar-refractivity contribution in [2.45, 2.75) is 31.7 Å². The number of hydrogen-bond donors (Lipinski definition) is 2. The van der Waals surface area contributed by atoms with Crippen molar-refractivity contribution in [2.24, 2.45) is 11.8 Å². The second kappa shape index (κ2) is 6.02. The molecule has 1 heterocycles. The van der Waals surface area contributed by atoms with Gasteiger partial charge in [-0.25, -0.2) is 13.1 Å². The molecule has 1 aromatic rings. The van der Waals surface area contributed by atoms with E-state index in [2.05, 4.69) is 22.1 Å². The topological polar surface area (TPSA) is 76.0 Å². The standard InChI is InChI=1S/C12H22N4O2S/c1-3-13-4-5-16-9-12(8-14-16)19(17,18)15-7-11-6-10(11)2/h8-11,13,15H,3-7H2,1-2H3. The Balaban J connectivity index is 1.88. The SMILES string of the molecule is CCNCCn1cc(S(=O)(=O)NCC2CC2C)cn1. The van der Waals surface area contributed by atoms with Gasteiger partial charge in [0.05, 0.1) is 12.7 Å². The van der Waals surface area contributed by atoms with Crippen molar-refractivity contribution in [1.29, 1.82) is 0 Å². The summed E-state index contributed by atoms with van der Waals surface area (Å²) in [6.07, 6.45) is 4.10. The molecule has 19 heavy (non-hydrogen) atoms. The van der Waals surface area contributed by atoms with Crippen LogP contribution >= 0.6 is 0 Å². The highest BCUT2D eigenvalue weighted by Gasteiger charge is 2.33. The highest BCUT2D eigenvalue weighted by molar-refractivity contribution is 7.89. The molecular formula is C12H22N4O2S. The van der Waals surface area contributed by atoms with Gasteiger partial charge in [0.15, 0.2) is 0 Å². The summed E-state index contributed by atoms with van der Waals surface area (Å²) in [6, 6.07) is 0. The van der Waals surface area contributed by atoms with Crippen LogP contribution in [0.4, 0.5) is 0 Å². The van der Waals surface area contributed by atoms with Gasteiger partial charge in [0.1, 0.15) is 4.90 Å². The van der Waals surface area contributed by atoms with Gasteiger partial charge in [-0.05, 0) is 24.8 Å². The van der Waals surface area contributed by atoms with Gasteiger partial charge in [0.25, 0.3) is 0 Å². The molecule has 2 N–H and O–H groups in total. The zero-order valence-corrected chi connectivity index (χ0v) is 12.3. The summed E-state index contributed by atoms with van der Waals surface area (Å²) in [5, 5.41) is 7.24. The van der Waals surface area contributed by atoms with E-state index in [1.807, 2.05) is 6.92 Å². The predicted molar refractivity (Wildman–Crippen MR) is 73.2 cm³/mol. The van der Waals surface area contributed by atoms with E-state index in [1.165, 1.54) is 6.20 Å². The molecule has 0 aliphatic heterocycles. The maximum Gasteiger partial charge on any atom is 0.243 e. The molecule has 6 nitrogen and oxygen atoms in total. The van der Waals surface area contributed by atoms with Crippen LogP contribution < -0.4 is 10.0 Å². The Morgan fingerprint density at radius 3 is 2.89 bits per heavy atom. The smallest absolute Gasteiger partial charge is 0.243 e. The summed E-state index contributed by atoms with van der Waals surface area (Å²) in [5.41, 5.74) is 0. The molecule has 7 heteroatoms. The van der Waals surface area contributed by atoms with E-state index in [-0.39, 0.29) is 4.90 Å². The molecule has 1 aromatic heterocycles.